The van der Waals surface area contributed by atoms with E-state index in [9.17, 15) is 14.4 Å². The molecule has 0 radical (unpaired) electrons. The van der Waals surface area contributed by atoms with Gasteiger partial charge in [-0.3, -0.25) is 9.59 Å². The highest BCUT2D eigenvalue weighted by molar-refractivity contribution is 6.05. The Morgan fingerprint density at radius 1 is 1.39 bits per heavy atom. The number of carbonyl (C=O) groups is 3. The molecule has 2 amide bonds. The third-order valence-corrected chi connectivity index (χ3v) is 2.79. The van der Waals surface area contributed by atoms with Crippen molar-refractivity contribution in [1.82, 2.24) is 5.32 Å². The molecule has 0 spiro atoms. The molecule has 1 aliphatic heterocycles. The van der Waals surface area contributed by atoms with Gasteiger partial charge in [-0.15, -0.1) is 0 Å². The number of carboxylic acid groups (broad SMARTS) is 1. The first-order chi connectivity index (χ1) is 8.49. The van der Waals surface area contributed by atoms with Crippen LogP contribution < -0.4 is 10.2 Å². The Morgan fingerprint density at radius 3 is 2.78 bits per heavy atom. The summed E-state index contributed by atoms with van der Waals surface area (Å²) in [7, 11) is 0. The smallest absolute Gasteiger partial charge is 0.335 e. The van der Waals surface area contributed by atoms with E-state index in [2.05, 4.69) is 5.32 Å². The number of carbonyl (C=O) groups excluding carboxylic acids is 2. The van der Waals surface area contributed by atoms with Crippen LogP contribution in [-0.4, -0.2) is 36.0 Å². The summed E-state index contributed by atoms with van der Waals surface area (Å²) in [6.07, 6.45) is 0. The van der Waals surface area contributed by atoms with Crippen molar-refractivity contribution in [3.05, 3.63) is 29.3 Å². The van der Waals surface area contributed by atoms with Crippen LogP contribution in [0.2, 0.25) is 0 Å². The normalized spacial score (nSPS) is 15.5. The number of hydrogen-bond donors (Lipinski definition) is 2. The maximum absolute atomic E-state index is 11.7. The zero-order chi connectivity index (χ0) is 13.3. The van der Waals surface area contributed by atoms with Crippen LogP contribution in [0, 0.1) is 6.92 Å². The van der Waals surface area contributed by atoms with Crippen molar-refractivity contribution < 1.29 is 19.5 Å². The second-order valence-electron chi connectivity index (χ2n) is 4.06. The van der Waals surface area contributed by atoms with Gasteiger partial charge in [0.25, 0.3) is 0 Å². The van der Waals surface area contributed by atoms with Crippen molar-refractivity contribution in [2.75, 3.05) is 18.0 Å². The van der Waals surface area contributed by atoms with Gasteiger partial charge in [-0.1, -0.05) is 6.07 Å². The van der Waals surface area contributed by atoms with Crippen molar-refractivity contribution in [2.45, 2.75) is 6.92 Å². The van der Waals surface area contributed by atoms with Crippen LogP contribution >= 0.6 is 0 Å². The third-order valence-electron chi connectivity index (χ3n) is 2.79. The molecule has 0 atom stereocenters. The summed E-state index contributed by atoms with van der Waals surface area (Å²) in [5.41, 5.74) is 1.31. The summed E-state index contributed by atoms with van der Waals surface area (Å²) in [6, 6.07) is 4.50. The van der Waals surface area contributed by atoms with Gasteiger partial charge in [0.2, 0.25) is 11.8 Å². The molecule has 6 nitrogen and oxygen atoms in total. The first kappa shape index (κ1) is 12.1. The molecule has 0 aromatic heterocycles. The van der Waals surface area contributed by atoms with Gasteiger partial charge >= 0.3 is 5.97 Å². The SMILES string of the molecule is Cc1ccc(C(=O)O)cc1N1CC(=O)NCC1=O. The van der Waals surface area contributed by atoms with E-state index in [0.717, 1.165) is 5.56 Å². The van der Waals surface area contributed by atoms with E-state index < -0.39 is 5.97 Å². The molecule has 0 bridgehead atoms. The fourth-order valence-corrected chi connectivity index (χ4v) is 1.81. The monoisotopic (exact) mass is 248 g/mol. The van der Waals surface area contributed by atoms with Gasteiger partial charge in [-0.2, -0.15) is 0 Å². The minimum Gasteiger partial charge on any atom is -0.478 e. The summed E-state index contributed by atoms with van der Waals surface area (Å²) in [5, 5.41) is 11.4. The van der Waals surface area contributed by atoms with Crippen LogP contribution in [-0.2, 0) is 9.59 Å². The predicted molar refractivity (Wildman–Crippen MR) is 63.5 cm³/mol. The van der Waals surface area contributed by atoms with Gasteiger partial charge < -0.3 is 15.3 Å². The van der Waals surface area contributed by atoms with E-state index in [-0.39, 0.29) is 30.5 Å². The van der Waals surface area contributed by atoms with Crippen LogP contribution in [0.25, 0.3) is 0 Å². The number of carboxylic acids is 1. The molecule has 0 aliphatic carbocycles. The first-order valence-electron chi connectivity index (χ1n) is 5.40. The summed E-state index contributed by atoms with van der Waals surface area (Å²) in [6.45, 7) is 1.62. The van der Waals surface area contributed by atoms with Crippen molar-refractivity contribution in [3.8, 4) is 0 Å². The first-order valence-corrected chi connectivity index (χ1v) is 5.40. The standard InChI is InChI=1S/C12H12N2O4/c1-7-2-3-8(12(17)18)4-9(7)14-6-10(15)13-5-11(14)16/h2-4H,5-6H2,1H3,(H,13,15)(H,17,18). The van der Waals surface area contributed by atoms with E-state index in [0.29, 0.717) is 5.69 Å². The third kappa shape index (κ3) is 2.17. The van der Waals surface area contributed by atoms with Gasteiger partial charge in [0.05, 0.1) is 12.1 Å². The number of benzene rings is 1. The van der Waals surface area contributed by atoms with Crippen LogP contribution in [0.5, 0.6) is 0 Å². The molecular formula is C12H12N2O4. The molecule has 1 aromatic rings. The maximum Gasteiger partial charge on any atom is 0.335 e. The van der Waals surface area contributed by atoms with Crippen LogP contribution in [0.3, 0.4) is 0 Å². The Morgan fingerprint density at radius 2 is 2.11 bits per heavy atom. The average molecular weight is 248 g/mol. The summed E-state index contributed by atoms with van der Waals surface area (Å²) in [4.78, 5) is 35.3. The zero-order valence-electron chi connectivity index (χ0n) is 9.77. The number of rotatable bonds is 2. The topological polar surface area (TPSA) is 86.7 Å². The molecule has 1 saturated heterocycles. The lowest BCUT2D eigenvalue weighted by atomic mass is 10.1. The van der Waals surface area contributed by atoms with E-state index >= 15 is 0 Å². The molecule has 0 unspecified atom stereocenters. The fourth-order valence-electron chi connectivity index (χ4n) is 1.81. The maximum atomic E-state index is 11.7. The highest BCUT2D eigenvalue weighted by Crippen LogP contribution is 2.22. The largest absolute Gasteiger partial charge is 0.478 e. The Bertz CT molecular complexity index is 539. The van der Waals surface area contributed by atoms with Gasteiger partial charge in [0.15, 0.2) is 0 Å². The number of hydrogen-bond acceptors (Lipinski definition) is 3. The Hall–Kier alpha value is -2.37. The Labute approximate surface area is 103 Å². The molecule has 2 rings (SSSR count). The number of aromatic carboxylic acids is 1. The van der Waals surface area contributed by atoms with Crippen LogP contribution in [0.1, 0.15) is 15.9 Å². The number of amides is 2. The molecule has 2 N–H and O–H groups in total. The molecule has 1 aromatic carbocycles. The molecular weight excluding hydrogens is 236 g/mol. The molecule has 0 saturated carbocycles. The molecule has 94 valence electrons. The van der Waals surface area contributed by atoms with Gasteiger partial charge in [0, 0.05) is 5.69 Å². The second-order valence-corrected chi connectivity index (χ2v) is 4.06. The van der Waals surface area contributed by atoms with E-state index in [4.69, 9.17) is 5.11 Å². The minimum absolute atomic E-state index is 0.0599. The number of anilines is 1. The van der Waals surface area contributed by atoms with Crippen LogP contribution in [0.4, 0.5) is 5.69 Å². The molecule has 1 aliphatic rings. The predicted octanol–water partition coefficient (Wildman–Crippen LogP) is 0.156. The van der Waals surface area contributed by atoms with Gasteiger partial charge in [0.1, 0.15) is 6.54 Å². The highest BCUT2D eigenvalue weighted by atomic mass is 16.4. The van der Waals surface area contributed by atoms with Crippen molar-refractivity contribution in [1.29, 1.82) is 0 Å². The average Bonchev–Trinajstić information content (AvgIpc) is 2.33. The Balaban J connectivity index is 2.42. The lowest BCUT2D eigenvalue weighted by Crippen LogP contribution is -2.52. The summed E-state index contributed by atoms with van der Waals surface area (Å²) >= 11 is 0. The highest BCUT2D eigenvalue weighted by Gasteiger charge is 2.26. The summed E-state index contributed by atoms with van der Waals surface area (Å²) < 4.78 is 0. The number of nitrogens with zero attached hydrogens (tertiary/aromatic N) is 1. The minimum atomic E-state index is -1.06. The van der Waals surface area contributed by atoms with Crippen molar-refractivity contribution in [3.63, 3.8) is 0 Å². The number of nitrogens with one attached hydrogen (secondary N) is 1. The molecule has 1 heterocycles. The lowest BCUT2D eigenvalue weighted by Gasteiger charge is -2.28. The van der Waals surface area contributed by atoms with Gasteiger partial charge in [-0.25, -0.2) is 4.79 Å². The number of piperazine rings is 1. The second kappa shape index (κ2) is 4.48. The van der Waals surface area contributed by atoms with Gasteiger partial charge in [-0.05, 0) is 24.6 Å². The zero-order valence-corrected chi connectivity index (χ0v) is 9.77. The molecule has 1 fully saturated rings. The summed E-state index contributed by atoms with van der Waals surface area (Å²) in [5.74, 6) is -1.57. The lowest BCUT2D eigenvalue weighted by molar-refractivity contribution is -0.128. The van der Waals surface area contributed by atoms with Crippen molar-refractivity contribution in [2.24, 2.45) is 0 Å². The number of aryl methyl sites for hydroxylation is 1. The van der Waals surface area contributed by atoms with E-state index in [1.54, 1.807) is 13.0 Å². The van der Waals surface area contributed by atoms with Crippen LogP contribution in [0.15, 0.2) is 18.2 Å². The fraction of sp³-hybridized carbons (Fsp3) is 0.250. The quantitative estimate of drug-likeness (QED) is 0.780. The van der Waals surface area contributed by atoms with Crippen molar-refractivity contribution >= 4 is 23.5 Å². The van der Waals surface area contributed by atoms with E-state index in [1.807, 2.05) is 0 Å². The Kier molecular flexibility index (Phi) is 3.01. The van der Waals surface area contributed by atoms with E-state index in [1.165, 1.54) is 17.0 Å². The molecule has 18 heavy (non-hydrogen) atoms. The molecule has 6 heteroatoms.